The third-order valence-electron chi connectivity index (χ3n) is 6.38. The number of sulfone groups is 1. The molecule has 1 aromatic heterocycles. The van der Waals surface area contributed by atoms with Gasteiger partial charge in [-0.3, -0.25) is 0 Å². The maximum absolute atomic E-state index is 12.8. The molecule has 0 bridgehead atoms. The van der Waals surface area contributed by atoms with E-state index in [1.807, 2.05) is 36.1 Å². The Morgan fingerprint density at radius 1 is 1.18 bits per heavy atom. The van der Waals surface area contributed by atoms with Gasteiger partial charge in [0.2, 0.25) is 5.95 Å². The molecule has 2 aliphatic rings. The van der Waals surface area contributed by atoms with Crippen LogP contribution in [-0.2, 0) is 21.1 Å². The van der Waals surface area contributed by atoms with Crippen LogP contribution in [0, 0.1) is 6.92 Å². The number of anilines is 2. The van der Waals surface area contributed by atoms with Crippen molar-refractivity contribution in [1.29, 1.82) is 0 Å². The van der Waals surface area contributed by atoms with Gasteiger partial charge >= 0.3 is 0 Å². The van der Waals surface area contributed by atoms with Crippen LogP contribution < -0.4 is 15.5 Å². The lowest BCUT2D eigenvalue weighted by atomic mass is 9.97. The smallest absolute Gasteiger partial charge is 0.228 e. The minimum atomic E-state index is -3.37. The summed E-state index contributed by atoms with van der Waals surface area (Å²) >= 11 is 0. The molecule has 0 unspecified atom stereocenters. The predicted molar refractivity (Wildman–Crippen MR) is 131 cm³/mol. The first-order valence-electron chi connectivity index (χ1n) is 11.4. The number of β-amino-alcohol motifs (C(OH)–C–C–N with tert-alkyl or cyclic N) is 1. The second-order valence-electron chi connectivity index (χ2n) is 9.02. The minimum absolute atomic E-state index is 0.00754. The molecule has 3 aromatic rings. The fraction of sp³-hybridized carbons (Fsp3) is 0.417. The Labute approximate surface area is 199 Å². The number of benzene rings is 2. The highest BCUT2D eigenvalue weighted by atomic mass is 32.2. The first kappa shape index (κ1) is 23.0. The molecule has 0 atom stereocenters. The number of nitrogens with one attached hydrogen (secondary N) is 2. The van der Waals surface area contributed by atoms with Crippen LogP contribution in [0.25, 0.3) is 10.9 Å². The van der Waals surface area contributed by atoms with Gasteiger partial charge in [0.15, 0.2) is 9.84 Å². The second kappa shape index (κ2) is 9.10. The number of rotatable bonds is 7. The molecule has 180 valence electrons. The highest BCUT2D eigenvalue weighted by Crippen LogP contribution is 2.29. The Hall–Kier alpha value is -2.79. The van der Waals surface area contributed by atoms with Crippen molar-refractivity contribution < 1.29 is 18.3 Å². The molecule has 2 aliphatic heterocycles. The normalized spacial score (nSPS) is 18.7. The summed E-state index contributed by atoms with van der Waals surface area (Å²) in [5, 5.41) is 17.0. The highest BCUT2D eigenvalue weighted by Gasteiger charge is 2.38. The number of hydrogen-bond acceptors (Lipinski definition) is 9. The van der Waals surface area contributed by atoms with E-state index < -0.39 is 9.84 Å². The lowest BCUT2D eigenvalue weighted by Gasteiger charge is -2.42. The summed E-state index contributed by atoms with van der Waals surface area (Å²) in [6.45, 7) is 4.97. The van der Waals surface area contributed by atoms with Crippen LogP contribution in [0.1, 0.15) is 11.1 Å². The lowest BCUT2D eigenvalue weighted by Crippen LogP contribution is -2.64. The predicted octanol–water partition coefficient (Wildman–Crippen LogP) is 1.49. The number of hydrogen-bond donors (Lipinski definition) is 3. The zero-order valence-electron chi connectivity index (χ0n) is 19.1. The number of fused-ring (bicyclic) bond motifs is 2. The van der Waals surface area contributed by atoms with E-state index in [-0.39, 0.29) is 17.9 Å². The molecular formula is C24H29N5O4S. The average molecular weight is 484 g/mol. The molecule has 0 aliphatic carbocycles. The van der Waals surface area contributed by atoms with Crippen molar-refractivity contribution in [2.75, 3.05) is 55.4 Å². The number of aryl methyl sites for hydroxylation is 1. The lowest BCUT2D eigenvalue weighted by molar-refractivity contribution is -0.0679. The summed E-state index contributed by atoms with van der Waals surface area (Å²) in [4.78, 5) is 12.0. The monoisotopic (exact) mass is 483 g/mol. The van der Waals surface area contributed by atoms with Gasteiger partial charge in [0.1, 0.15) is 5.82 Å². The second-order valence-corrected chi connectivity index (χ2v) is 11.1. The molecule has 0 saturated carbocycles. The zero-order valence-corrected chi connectivity index (χ0v) is 19.9. The molecule has 3 heterocycles. The Morgan fingerprint density at radius 2 is 2.00 bits per heavy atom. The summed E-state index contributed by atoms with van der Waals surface area (Å²) in [5.41, 5.74) is 2.38. The molecule has 0 amide bonds. The van der Waals surface area contributed by atoms with Crippen molar-refractivity contribution in [2.24, 2.45) is 0 Å². The van der Waals surface area contributed by atoms with Crippen LogP contribution in [0.2, 0.25) is 0 Å². The maximum atomic E-state index is 12.8. The quantitative estimate of drug-likeness (QED) is 0.460. The van der Waals surface area contributed by atoms with Crippen molar-refractivity contribution >= 4 is 32.5 Å². The SMILES string of the molecule is Cc1ccc2nc(N3CCS(=O)(=O)c4ccccc4C3)nc(NCC3(NCCO)COC3)c2c1. The van der Waals surface area contributed by atoms with Gasteiger partial charge in [-0.15, -0.1) is 0 Å². The van der Waals surface area contributed by atoms with E-state index in [1.165, 1.54) is 0 Å². The third-order valence-corrected chi connectivity index (χ3v) is 8.17. The van der Waals surface area contributed by atoms with Crippen LogP contribution in [0.3, 0.4) is 0 Å². The molecule has 1 saturated heterocycles. The largest absolute Gasteiger partial charge is 0.395 e. The molecule has 1 fully saturated rings. The van der Waals surface area contributed by atoms with Gasteiger partial charge in [-0.25, -0.2) is 13.4 Å². The van der Waals surface area contributed by atoms with E-state index in [9.17, 15) is 13.5 Å². The summed E-state index contributed by atoms with van der Waals surface area (Å²) < 4.78 is 31.1. The third kappa shape index (κ3) is 4.46. The van der Waals surface area contributed by atoms with E-state index in [0.29, 0.717) is 56.1 Å². The van der Waals surface area contributed by atoms with Crippen molar-refractivity contribution in [3.05, 3.63) is 53.6 Å². The highest BCUT2D eigenvalue weighted by molar-refractivity contribution is 7.91. The zero-order chi connectivity index (χ0) is 23.8. The van der Waals surface area contributed by atoms with Gasteiger partial charge in [-0.2, -0.15) is 4.98 Å². The molecule has 5 rings (SSSR count). The van der Waals surface area contributed by atoms with Crippen LogP contribution in [0.5, 0.6) is 0 Å². The van der Waals surface area contributed by atoms with Crippen LogP contribution in [-0.4, -0.2) is 74.2 Å². The Kier molecular flexibility index (Phi) is 6.15. The average Bonchev–Trinajstić information content (AvgIpc) is 2.94. The fourth-order valence-electron chi connectivity index (χ4n) is 4.43. The van der Waals surface area contributed by atoms with E-state index >= 15 is 0 Å². The van der Waals surface area contributed by atoms with E-state index in [0.717, 1.165) is 22.0 Å². The molecule has 0 radical (unpaired) electrons. The summed E-state index contributed by atoms with van der Waals surface area (Å²) in [6, 6.07) is 13.2. The Morgan fingerprint density at radius 3 is 2.76 bits per heavy atom. The van der Waals surface area contributed by atoms with E-state index in [4.69, 9.17) is 14.7 Å². The maximum Gasteiger partial charge on any atom is 0.228 e. The number of aliphatic hydroxyl groups is 1. The number of nitrogens with zero attached hydrogens (tertiary/aromatic N) is 3. The molecular weight excluding hydrogens is 454 g/mol. The Balaban J connectivity index is 1.50. The first-order valence-corrected chi connectivity index (χ1v) is 13.1. The minimum Gasteiger partial charge on any atom is -0.395 e. The van der Waals surface area contributed by atoms with Crippen LogP contribution in [0.4, 0.5) is 11.8 Å². The Bertz CT molecular complexity index is 1310. The van der Waals surface area contributed by atoms with Gasteiger partial charge < -0.3 is 25.4 Å². The van der Waals surface area contributed by atoms with Gasteiger partial charge in [0.25, 0.3) is 0 Å². The fourth-order valence-corrected chi connectivity index (χ4v) is 5.93. The van der Waals surface area contributed by atoms with Gasteiger partial charge in [-0.05, 0) is 30.7 Å². The van der Waals surface area contributed by atoms with Gasteiger partial charge in [0, 0.05) is 31.6 Å². The molecule has 3 N–H and O–H groups in total. The number of ether oxygens (including phenoxy) is 1. The number of aromatic nitrogens is 2. The van der Waals surface area contributed by atoms with Crippen LogP contribution >= 0.6 is 0 Å². The van der Waals surface area contributed by atoms with Gasteiger partial charge in [0.05, 0.1) is 41.5 Å². The van der Waals surface area contributed by atoms with Crippen molar-refractivity contribution in [2.45, 2.75) is 23.9 Å². The molecule has 0 spiro atoms. The molecule has 10 heteroatoms. The first-order chi connectivity index (χ1) is 16.4. The van der Waals surface area contributed by atoms with Gasteiger partial charge in [-0.1, -0.05) is 29.8 Å². The van der Waals surface area contributed by atoms with E-state index in [2.05, 4.69) is 16.7 Å². The standard InChI is InChI=1S/C24H29N5O4S/c1-17-6-7-20-19(12-17)22(25-14-24(15-33-16-24)26-8-10-30)28-23(27-20)29-9-11-34(31,32)21-5-3-2-4-18(21)13-29/h2-7,12,26,30H,8-11,13-16H2,1H3,(H,25,27,28). The summed E-state index contributed by atoms with van der Waals surface area (Å²) in [6.07, 6.45) is 0. The van der Waals surface area contributed by atoms with Crippen molar-refractivity contribution in [3.8, 4) is 0 Å². The topological polar surface area (TPSA) is 117 Å². The van der Waals surface area contributed by atoms with Crippen molar-refractivity contribution in [3.63, 3.8) is 0 Å². The summed E-state index contributed by atoms with van der Waals surface area (Å²) in [5.74, 6) is 1.20. The molecule has 34 heavy (non-hydrogen) atoms. The molecule has 2 aromatic carbocycles. The number of aliphatic hydroxyl groups excluding tert-OH is 1. The van der Waals surface area contributed by atoms with Crippen LogP contribution in [0.15, 0.2) is 47.4 Å². The van der Waals surface area contributed by atoms with E-state index in [1.54, 1.807) is 12.1 Å². The van der Waals surface area contributed by atoms with Crippen molar-refractivity contribution in [1.82, 2.24) is 15.3 Å². The summed E-state index contributed by atoms with van der Waals surface area (Å²) in [7, 11) is -3.37. The molecule has 9 nitrogen and oxygen atoms in total.